The minimum Gasteiger partial charge on any atom is -0.480 e. The second-order valence-electron chi connectivity index (χ2n) is 3.45. The van der Waals surface area contributed by atoms with Crippen molar-refractivity contribution >= 4 is 17.9 Å². The number of carbonyl (C=O) groups is 1. The van der Waals surface area contributed by atoms with E-state index >= 15 is 0 Å². The molecule has 1 aromatic carbocycles. The molecule has 76 valence electrons. The third kappa shape index (κ3) is 3.05. The van der Waals surface area contributed by atoms with Crippen molar-refractivity contribution in [3.63, 3.8) is 0 Å². The van der Waals surface area contributed by atoms with Crippen molar-refractivity contribution < 1.29 is 9.90 Å². The van der Waals surface area contributed by atoms with E-state index in [2.05, 4.69) is 4.72 Å². The second-order valence-corrected chi connectivity index (χ2v) is 4.33. The second kappa shape index (κ2) is 4.48. The van der Waals surface area contributed by atoms with Crippen molar-refractivity contribution in [3.8, 4) is 0 Å². The fourth-order valence-electron chi connectivity index (χ4n) is 0.719. The number of benzene rings is 1. The van der Waals surface area contributed by atoms with Gasteiger partial charge in [-0.1, -0.05) is 18.2 Å². The summed E-state index contributed by atoms with van der Waals surface area (Å²) >= 11 is 1.32. The first-order valence-corrected chi connectivity index (χ1v) is 5.06. The van der Waals surface area contributed by atoms with Crippen LogP contribution in [0.15, 0.2) is 35.2 Å². The Morgan fingerprint density at radius 3 is 2.43 bits per heavy atom. The standard InChI is InChI=1S/C10H13NO2S/c1-10(2,9(12)13)11-14-8-6-4-3-5-7-8/h3-7,11H,1-2H3,(H,12,13). The van der Waals surface area contributed by atoms with Crippen molar-refractivity contribution in [2.24, 2.45) is 0 Å². The maximum Gasteiger partial charge on any atom is 0.324 e. The Bertz CT molecular complexity index is 311. The van der Waals surface area contributed by atoms with Gasteiger partial charge in [-0.2, -0.15) is 0 Å². The molecule has 4 heteroatoms. The number of rotatable bonds is 4. The topological polar surface area (TPSA) is 49.3 Å². The zero-order valence-corrected chi connectivity index (χ0v) is 8.97. The summed E-state index contributed by atoms with van der Waals surface area (Å²) in [4.78, 5) is 11.8. The van der Waals surface area contributed by atoms with E-state index in [0.717, 1.165) is 4.90 Å². The molecule has 0 aliphatic carbocycles. The highest BCUT2D eigenvalue weighted by Crippen LogP contribution is 2.17. The minimum atomic E-state index is -0.916. The molecule has 0 bridgehead atoms. The number of carboxylic acids is 1. The molecule has 0 atom stereocenters. The predicted molar refractivity (Wildman–Crippen MR) is 57.1 cm³/mol. The van der Waals surface area contributed by atoms with Crippen LogP contribution in [0.5, 0.6) is 0 Å². The Morgan fingerprint density at radius 2 is 1.93 bits per heavy atom. The molecule has 0 fully saturated rings. The Morgan fingerprint density at radius 1 is 1.36 bits per heavy atom. The highest BCUT2D eigenvalue weighted by molar-refractivity contribution is 7.97. The van der Waals surface area contributed by atoms with Gasteiger partial charge in [0.05, 0.1) is 0 Å². The maximum absolute atomic E-state index is 10.8. The third-order valence-electron chi connectivity index (χ3n) is 1.70. The molecule has 0 unspecified atom stereocenters. The summed E-state index contributed by atoms with van der Waals surface area (Å²) in [5.41, 5.74) is -0.916. The maximum atomic E-state index is 10.8. The van der Waals surface area contributed by atoms with Crippen LogP contribution in [0.1, 0.15) is 13.8 Å². The number of nitrogens with one attached hydrogen (secondary N) is 1. The first-order chi connectivity index (χ1) is 6.52. The van der Waals surface area contributed by atoms with Crippen LogP contribution in [0.2, 0.25) is 0 Å². The molecule has 0 saturated heterocycles. The zero-order chi connectivity index (χ0) is 10.6. The quantitative estimate of drug-likeness (QED) is 0.749. The Kier molecular flexibility index (Phi) is 3.55. The van der Waals surface area contributed by atoms with Crippen molar-refractivity contribution in [2.45, 2.75) is 24.3 Å². The summed E-state index contributed by atoms with van der Waals surface area (Å²) in [6, 6.07) is 9.60. The van der Waals surface area contributed by atoms with Gasteiger partial charge in [0, 0.05) is 4.90 Å². The molecule has 0 amide bonds. The van der Waals surface area contributed by atoms with E-state index < -0.39 is 11.5 Å². The smallest absolute Gasteiger partial charge is 0.324 e. The predicted octanol–water partition coefficient (Wildman–Crippen LogP) is 2.15. The van der Waals surface area contributed by atoms with E-state index in [1.807, 2.05) is 30.3 Å². The van der Waals surface area contributed by atoms with Gasteiger partial charge in [-0.05, 0) is 37.9 Å². The molecule has 3 nitrogen and oxygen atoms in total. The van der Waals surface area contributed by atoms with Gasteiger partial charge in [0.1, 0.15) is 5.54 Å². The lowest BCUT2D eigenvalue weighted by molar-refractivity contribution is -0.142. The third-order valence-corrected chi connectivity index (χ3v) is 2.82. The first-order valence-electron chi connectivity index (χ1n) is 4.25. The van der Waals surface area contributed by atoms with Gasteiger partial charge in [0.2, 0.25) is 0 Å². The SMILES string of the molecule is CC(C)(NSc1ccccc1)C(=O)O. The van der Waals surface area contributed by atoms with Crippen LogP contribution in [0.3, 0.4) is 0 Å². The molecular weight excluding hydrogens is 198 g/mol. The molecular formula is C10H13NO2S. The van der Waals surface area contributed by atoms with Gasteiger partial charge in [0.15, 0.2) is 0 Å². The number of carboxylic acid groups (broad SMARTS) is 1. The minimum absolute atomic E-state index is 0.860. The molecule has 14 heavy (non-hydrogen) atoms. The molecule has 0 aromatic heterocycles. The van der Waals surface area contributed by atoms with E-state index in [1.165, 1.54) is 11.9 Å². The zero-order valence-electron chi connectivity index (χ0n) is 8.15. The van der Waals surface area contributed by atoms with Crippen LogP contribution in [0.4, 0.5) is 0 Å². The van der Waals surface area contributed by atoms with Crippen LogP contribution in [-0.2, 0) is 4.79 Å². The molecule has 1 aromatic rings. The molecule has 0 aliphatic rings. The van der Waals surface area contributed by atoms with E-state index in [4.69, 9.17) is 5.11 Å². The summed E-state index contributed by atoms with van der Waals surface area (Å²) in [5.74, 6) is -0.860. The fraction of sp³-hybridized carbons (Fsp3) is 0.300. The Labute approximate surface area is 87.7 Å². The molecule has 0 saturated carbocycles. The summed E-state index contributed by atoms with van der Waals surface area (Å²) in [5, 5.41) is 8.84. The lowest BCUT2D eigenvalue weighted by Crippen LogP contribution is -2.42. The Balaban J connectivity index is 2.53. The monoisotopic (exact) mass is 211 g/mol. The summed E-state index contributed by atoms with van der Waals surface area (Å²) in [6.07, 6.45) is 0. The lowest BCUT2D eigenvalue weighted by Gasteiger charge is -2.19. The van der Waals surface area contributed by atoms with Gasteiger partial charge in [-0.3, -0.25) is 4.79 Å². The van der Waals surface area contributed by atoms with Crippen molar-refractivity contribution in [3.05, 3.63) is 30.3 Å². The van der Waals surface area contributed by atoms with Gasteiger partial charge in [0.25, 0.3) is 0 Å². The van der Waals surface area contributed by atoms with E-state index in [-0.39, 0.29) is 0 Å². The van der Waals surface area contributed by atoms with Crippen LogP contribution >= 0.6 is 11.9 Å². The van der Waals surface area contributed by atoms with E-state index in [9.17, 15) is 4.79 Å². The van der Waals surface area contributed by atoms with Gasteiger partial charge in [-0.25, -0.2) is 4.72 Å². The lowest BCUT2D eigenvalue weighted by atomic mass is 10.1. The van der Waals surface area contributed by atoms with Gasteiger partial charge >= 0.3 is 5.97 Å². The molecule has 2 N–H and O–H groups in total. The normalized spacial score (nSPS) is 11.3. The number of aliphatic carboxylic acids is 1. The van der Waals surface area contributed by atoms with Crippen LogP contribution in [0.25, 0.3) is 0 Å². The number of hydrogen-bond donors (Lipinski definition) is 2. The molecule has 0 radical (unpaired) electrons. The van der Waals surface area contributed by atoms with Gasteiger partial charge in [-0.15, -0.1) is 0 Å². The fourth-order valence-corrected chi connectivity index (χ4v) is 1.47. The molecule has 0 heterocycles. The van der Waals surface area contributed by atoms with E-state index in [1.54, 1.807) is 13.8 Å². The van der Waals surface area contributed by atoms with Crippen molar-refractivity contribution in [2.75, 3.05) is 0 Å². The largest absolute Gasteiger partial charge is 0.480 e. The average molecular weight is 211 g/mol. The Hall–Kier alpha value is -1.00. The van der Waals surface area contributed by atoms with Crippen LogP contribution in [-0.4, -0.2) is 16.6 Å². The van der Waals surface area contributed by atoms with Crippen LogP contribution < -0.4 is 4.72 Å². The summed E-state index contributed by atoms with van der Waals surface area (Å²) in [6.45, 7) is 3.26. The van der Waals surface area contributed by atoms with Gasteiger partial charge < -0.3 is 5.11 Å². The highest BCUT2D eigenvalue weighted by Gasteiger charge is 2.26. The average Bonchev–Trinajstić information content (AvgIpc) is 2.16. The summed E-state index contributed by atoms with van der Waals surface area (Å²) < 4.78 is 2.89. The van der Waals surface area contributed by atoms with Crippen molar-refractivity contribution in [1.82, 2.24) is 4.72 Å². The molecule has 0 aliphatic heterocycles. The van der Waals surface area contributed by atoms with E-state index in [0.29, 0.717) is 0 Å². The van der Waals surface area contributed by atoms with Crippen LogP contribution in [0, 0.1) is 0 Å². The number of hydrogen-bond acceptors (Lipinski definition) is 3. The van der Waals surface area contributed by atoms with Crippen molar-refractivity contribution in [1.29, 1.82) is 0 Å². The molecule has 0 spiro atoms. The summed E-state index contributed by atoms with van der Waals surface area (Å²) in [7, 11) is 0. The highest BCUT2D eigenvalue weighted by atomic mass is 32.2. The first kappa shape index (κ1) is 11.1. The molecule has 1 rings (SSSR count).